The number of carbonyl (C=O) groups is 1. The molecule has 1 aliphatic heterocycles. The number of fused-ring (bicyclic) bond motifs is 1. The highest BCUT2D eigenvalue weighted by molar-refractivity contribution is 6.01. The van der Waals surface area contributed by atoms with Crippen molar-refractivity contribution in [2.24, 2.45) is 0 Å². The molecule has 0 saturated carbocycles. The zero-order chi connectivity index (χ0) is 26.3. The Kier molecular flexibility index (Phi) is 10.3. The number of aryl methyl sites for hydroxylation is 1. The monoisotopic (exact) mass is 479 g/mol. The van der Waals surface area contributed by atoms with E-state index < -0.39 is 17.3 Å². The van der Waals surface area contributed by atoms with Gasteiger partial charge in [-0.3, -0.25) is 4.79 Å². The van der Waals surface area contributed by atoms with Gasteiger partial charge in [0.2, 0.25) is 5.91 Å². The van der Waals surface area contributed by atoms with Gasteiger partial charge in [0, 0.05) is 17.8 Å². The molecule has 34 heavy (non-hydrogen) atoms. The molecule has 5 nitrogen and oxygen atoms in total. The Morgan fingerprint density at radius 1 is 1.24 bits per heavy atom. The van der Waals surface area contributed by atoms with Crippen LogP contribution in [0.4, 0.5) is 24.7 Å². The van der Waals surface area contributed by atoms with E-state index >= 15 is 0 Å². The Bertz CT molecular complexity index is 965. The highest BCUT2D eigenvalue weighted by Gasteiger charge is 2.31. The summed E-state index contributed by atoms with van der Waals surface area (Å²) in [5, 5.41) is 12.6. The minimum absolute atomic E-state index is 0.0226. The minimum atomic E-state index is -4.31. The Hall–Kier alpha value is -2.87. The van der Waals surface area contributed by atoms with Crippen LogP contribution < -0.4 is 10.2 Å². The highest BCUT2D eigenvalue weighted by Crippen LogP contribution is 2.33. The van der Waals surface area contributed by atoms with Gasteiger partial charge in [-0.15, -0.1) is 0 Å². The number of hydrogen-bond donors (Lipinski definition) is 2. The number of aliphatic hydroxyl groups is 1. The number of amides is 1. The molecule has 1 aromatic heterocycles. The van der Waals surface area contributed by atoms with Gasteiger partial charge in [-0.1, -0.05) is 46.4 Å². The van der Waals surface area contributed by atoms with E-state index in [-0.39, 0.29) is 11.8 Å². The molecule has 2 N–H and O–H groups in total. The molecule has 0 spiro atoms. The lowest BCUT2D eigenvalue weighted by molar-refractivity contribution is -0.137. The van der Waals surface area contributed by atoms with E-state index in [2.05, 4.69) is 23.8 Å². The first kappa shape index (κ1) is 29.2. The van der Waals surface area contributed by atoms with E-state index in [9.17, 15) is 23.1 Å². The SMILES string of the molecule is C=C(C)N1CC(=O)Nc2cc(CC)cnc21.CC.CC(c1ccc(C(F)(F)F)cc1)C(C)(C)O. The van der Waals surface area contributed by atoms with Crippen molar-refractivity contribution in [1.29, 1.82) is 0 Å². The van der Waals surface area contributed by atoms with Gasteiger partial charge in [0.05, 0.1) is 16.9 Å². The van der Waals surface area contributed by atoms with E-state index in [0.29, 0.717) is 12.1 Å². The lowest BCUT2D eigenvalue weighted by atomic mass is 9.86. The third kappa shape index (κ3) is 7.87. The molecule has 1 unspecified atom stereocenters. The molecule has 0 radical (unpaired) electrons. The van der Waals surface area contributed by atoms with Crippen LogP contribution in [0.15, 0.2) is 48.8 Å². The Balaban J connectivity index is 0.000000317. The fourth-order valence-corrected chi connectivity index (χ4v) is 3.09. The number of rotatable bonds is 4. The molecule has 188 valence electrons. The van der Waals surface area contributed by atoms with Crippen LogP contribution in [0.25, 0.3) is 0 Å². The number of pyridine rings is 1. The van der Waals surface area contributed by atoms with Crippen LogP contribution in [-0.4, -0.2) is 28.1 Å². The van der Waals surface area contributed by atoms with Gasteiger partial charge in [0.1, 0.15) is 6.54 Å². The molecule has 1 amide bonds. The lowest BCUT2D eigenvalue weighted by Gasteiger charge is -2.29. The first-order valence-corrected chi connectivity index (χ1v) is 11.3. The highest BCUT2D eigenvalue weighted by atomic mass is 19.4. The van der Waals surface area contributed by atoms with E-state index in [4.69, 9.17) is 0 Å². The molecule has 8 heteroatoms. The molecule has 0 saturated heterocycles. The van der Waals surface area contributed by atoms with E-state index in [1.807, 2.05) is 37.9 Å². The van der Waals surface area contributed by atoms with Gasteiger partial charge >= 0.3 is 6.18 Å². The van der Waals surface area contributed by atoms with Crippen molar-refractivity contribution in [3.05, 3.63) is 65.5 Å². The number of anilines is 2. The predicted octanol–water partition coefficient (Wildman–Crippen LogP) is 6.54. The smallest absolute Gasteiger partial charge is 0.390 e. The van der Waals surface area contributed by atoms with Crippen LogP contribution in [0.3, 0.4) is 0 Å². The van der Waals surface area contributed by atoms with Crippen molar-refractivity contribution >= 4 is 17.4 Å². The second kappa shape index (κ2) is 12.0. The van der Waals surface area contributed by atoms with Crippen LogP contribution in [0.1, 0.15) is 71.1 Å². The van der Waals surface area contributed by atoms with Gasteiger partial charge in [-0.05, 0) is 56.5 Å². The number of alkyl halides is 3. The number of halogens is 3. The maximum absolute atomic E-state index is 12.3. The molecule has 0 fully saturated rings. The van der Waals surface area contributed by atoms with Crippen molar-refractivity contribution in [3.63, 3.8) is 0 Å². The molecule has 0 aliphatic carbocycles. The van der Waals surface area contributed by atoms with Crippen LogP contribution >= 0.6 is 0 Å². The molecular formula is C26H36F3N3O2. The number of allylic oxidation sites excluding steroid dienone is 1. The van der Waals surface area contributed by atoms with Crippen molar-refractivity contribution in [2.75, 3.05) is 16.8 Å². The summed E-state index contributed by atoms with van der Waals surface area (Å²) in [6, 6.07) is 6.86. The average molecular weight is 480 g/mol. The quantitative estimate of drug-likeness (QED) is 0.522. The number of benzene rings is 1. The Morgan fingerprint density at radius 2 is 1.79 bits per heavy atom. The molecule has 1 atom stereocenters. The summed E-state index contributed by atoms with van der Waals surface area (Å²) in [6.45, 7) is 17.1. The molecule has 2 heterocycles. The summed E-state index contributed by atoms with van der Waals surface area (Å²) in [5.74, 6) is 0.546. The standard InChI is InChI=1S/C12H15F3O.C12H15N3O.C2H6/c1-8(11(2,3)16)9-4-6-10(7-5-9)12(13,14)15;1-4-9-5-10-12(13-6-9)15(8(2)3)7-11(16)14-10;1-2/h4-8,16H,1-3H3;5-6H,2,4,7H2,1,3H3,(H,14,16);1-2H3. The van der Waals surface area contributed by atoms with Crippen LogP contribution in [0.2, 0.25) is 0 Å². The Labute approximate surface area is 200 Å². The first-order valence-electron chi connectivity index (χ1n) is 11.3. The number of aromatic nitrogens is 1. The summed E-state index contributed by atoms with van der Waals surface area (Å²) < 4.78 is 36.9. The second-order valence-electron chi connectivity index (χ2n) is 8.43. The number of carbonyl (C=O) groups excluding carboxylic acids is 1. The average Bonchev–Trinajstić information content (AvgIpc) is 2.78. The third-order valence-electron chi connectivity index (χ3n) is 5.42. The maximum atomic E-state index is 12.3. The zero-order valence-corrected chi connectivity index (χ0v) is 21.0. The van der Waals surface area contributed by atoms with Crippen LogP contribution in [0, 0.1) is 0 Å². The normalized spacial score (nSPS) is 14.0. The molecule has 2 aromatic rings. The van der Waals surface area contributed by atoms with Crippen molar-refractivity contribution in [1.82, 2.24) is 4.98 Å². The summed E-state index contributed by atoms with van der Waals surface area (Å²) >= 11 is 0. The predicted molar refractivity (Wildman–Crippen MR) is 132 cm³/mol. The molecule has 1 aliphatic rings. The van der Waals surface area contributed by atoms with E-state index in [0.717, 1.165) is 41.3 Å². The topological polar surface area (TPSA) is 65.5 Å². The Morgan fingerprint density at radius 3 is 2.24 bits per heavy atom. The van der Waals surface area contributed by atoms with Crippen molar-refractivity contribution in [2.45, 2.75) is 72.6 Å². The maximum Gasteiger partial charge on any atom is 0.416 e. The van der Waals surface area contributed by atoms with E-state index in [1.165, 1.54) is 12.1 Å². The zero-order valence-electron chi connectivity index (χ0n) is 21.0. The number of nitrogens with one attached hydrogen (secondary N) is 1. The second-order valence-corrected chi connectivity index (χ2v) is 8.43. The van der Waals surface area contributed by atoms with Crippen LogP contribution in [0.5, 0.6) is 0 Å². The molecule has 1 aromatic carbocycles. The number of hydrogen-bond acceptors (Lipinski definition) is 4. The van der Waals surface area contributed by atoms with Gasteiger partial charge in [-0.25, -0.2) is 4.98 Å². The van der Waals surface area contributed by atoms with Crippen molar-refractivity contribution < 1.29 is 23.1 Å². The van der Waals surface area contributed by atoms with E-state index in [1.54, 1.807) is 20.8 Å². The molecule has 3 rings (SSSR count). The summed E-state index contributed by atoms with van der Waals surface area (Å²) in [5.41, 5.74) is 1.80. The largest absolute Gasteiger partial charge is 0.416 e. The third-order valence-corrected chi connectivity index (χ3v) is 5.42. The molecule has 0 bridgehead atoms. The fourth-order valence-electron chi connectivity index (χ4n) is 3.09. The number of nitrogens with zero attached hydrogens (tertiary/aromatic N) is 2. The summed E-state index contributed by atoms with van der Waals surface area (Å²) in [4.78, 5) is 17.7. The van der Waals surface area contributed by atoms with Gasteiger partial charge in [0.15, 0.2) is 5.82 Å². The summed E-state index contributed by atoms with van der Waals surface area (Å²) in [7, 11) is 0. The summed E-state index contributed by atoms with van der Waals surface area (Å²) in [6.07, 6.45) is -1.56. The minimum Gasteiger partial charge on any atom is -0.390 e. The fraction of sp³-hybridized carbons (Fsp3) is 0.462. The van der Waals surface area contributed by atoms with Crippen molar-refractivity contribution in [3.8, 4) is 0 Å². The molecular weight excluding hydrogens is 443 g/mol. The first-order chi connectivity index (χ1) is 15.7. The van der Waals surface area contributed by atoms with Crippen LogP contribution in [-0.2, 0) is 17.4 Å². The lowest BCUT2D eigenvalue weighted by Crippen LogP contribution is -2.37. The van der Waals surface area contributed by atoms with Gasteiger partial charge in [0.25, 0.3) is 0 Å². The van der Waals surface area contributed by atoms with Gasteiger partial charge in [-0.2, -0.15) is 13.2 Å². The van der Waals surface area contributed by atoms with Gasteiger partial charge < -0.3 is 15.3 Å².